The lowest BCUT2D eigenvalue weighted by atomic mass is 10.1. The first-order valence-corrected chi connectivity index (χ1v) is 12.9. The number of halogens is 2. The Kier molecular flexibility index (Phi) is 9.16. The van der Waals surface area contributed by atoms with Crippen molar-refractivity contribution in [3.63, 3.8) is 0 Å². The van der Waals surface area contributed by atoms with Crippen molar-refractivity contribution in [2.24, 2.45) is 4.99 Å². The number of nitrogens with zero attached hydrogens (tertiary/aromatic N) is 1. The molecule has 0 atom stereocenters. The van der Waals surface area contributed by atoms with E-state index in [9.17, 15) is 14.7 Å². The van der Waals surface area contributed by atoms with Crippen LogP contribution in [0.2, 0.25) is 0 Å². The van der Waals surface area contributed by atoms with Crippen LogP contribution in [0.25, 0.3) is 6.08 Å². The summed E-state index contributed by atoms with van der Waals surface area (Å²) in [5.74, 6) is -0.734. The van der Waals surface area contributed by atoms with E-state index in [4.69, 9.17) is 9.47 Å². The van der Waals surface area contributed by atoms with Gasteiger partial charge >= 0.3 is 5.97 Å². The second-order valence-corrected chi connectivity index (χ2v) is 10.0. The first-order valence-electron chi connectivity index (χ1n) is 10.5. The zero-order chi connectivity index (χ0) is 24.8. The Morgan fingerprint density at radius 1 is 1.12 bits per heavy atom. The van der Waals surface area contributed by atoms with Gasteiger partial charge in [0.05, 0.1) is 20.5 Å². The molecule has 0 spiro atoms. The van der Waals surface area contributed by atoms with E-state index in [1.807, 2.05) is 43.3 Å². The van der Waals surface area contributed by atoms with Gasteiger partial charge < -0.3 is 14.6 Å². The molecule has 178 valence electrons. The van der Waals surface area contributed by atoms with Gasteiger partial charge in [-0.3, -0.25) is 4.79 Å². The van der Waals surface area contributed by atoms with Gasteiger partial charge in [0.25, 0.3) is 0 Å². The minimum absolute atomic E-state index is 0.101. The molecule has 0 fully saturated rings. The summed E-state index contributed by atoms with van der Waals surface area (Å²) in [4.78, 5) is 28.6. The largest absolute Gasteiger partial charge is 0.506 e. The van der Waals surface area contributed by atoms with E-state index in [0.29, 0.717) is 26.2 Å². The Morgan fingerprint density at radius 3 is 2.35 bits per heavy atom. The maximum atomic E-state index is 12.4. The summed E-state index contributed by atoms with van der Waals surface area (Å²) in [5, 5.41) is 10.9. The highest BCUT2D eigenvalue weighted by Gasteiger charge is 2.33. The molecule has 0 saturated carbocycles. The number of hydrogen-bond acceptors (Lipinski definition) is 6. The summed E-state index contributed by atoms with van der Waals surface area (Å²) in [7, 11) is 0. The summed E-state index contributed by atoms with van der Waals surface area (Å²) in [5.41, 5.74) is 2.87. The highest BCUT2D eigenvalue weighted by atomic mass is 79.9. The van der Waals surface area contributed by atoms with Crippen molar-refractivity contribution in [1.82, 2.24) is 0 Å². The zero-order valence-electron chi connectivity index (χ0n) is 18.9. The Balaban J connectivity index is 1.89. The van der Waals surface area contributed by atoms with Crippen LogP contribution in [0.1, 0.15) is 37.0 Å². The molecule has 1 heterocycles. The lowest BCUT2D eigenvalue weighted by Gasteiger charge is -2.12. The van der Waals surface area contributed by atoms with Crippen LogP contribution in [0.3, 0.4) is 0 Å². The van der Waals surface area contributed by atoms with Crippen LogP contribution in [0.4, 0.5) is 0 Å². The smallest absolute Gasteiger partial charge is 0.344 e. The zero-order valence-corrected chi connectivity index (χ0v) is 22.8. The van der Waals surface area contributed by atoms with Gasteiger partial charge in [0.2, 0.25) is 5.91 Å². The predicted octanol–water partition coefficient (Wildman–Crippen LogP) is 6.90. The number of aliphatic hydroxyl groups excluding tert-OH is 1. The molecule has 2 aromatic carbocycles. The maximum absolute atomic E-state index is 12.4. The molecule has 1 N–H and O–H groups in total. The van der Waals surface area contributed by atoms with Crippen molar-refractivity contribution >= 4 is 66.6 Å². The number of rotatable bonds is 7. The highest BCUT2D eigenvalue weighted by Crippen LogP contribution is 2.41. The number of benzene rings is 2. The molecule has 6 nitrogen and oxygen atoms in total. The van der Waals surface area contributed by atoms with Crippen LogP contribution in [-0.4, -0.2) is 28.6 Å². The number of hydrogen-bond donors (Lipinski definition) is 1. The van der Waals surface area contributed by atoms with Gasteiger partial charge in [0.1, 0.15) is 28.7 Å². The standard InChI is InChI=1S/C25H23Br2NO5S/c1-4-20(29)28-24-21(25(31)32-5-2)22(30)19(34-24)12-16-10-17(26)23(18(27)11-16)33-13-15-8-6-14(3)7-9-15/h6-12,30H,4-5,13H2,1-3H3/b19-12-,28-24?. The summed E-state index contributed by atoms with van der Waals surface area (Å²) < 4.78 is 12.5. The average molecular weight is 609 g/mol. The summed E-state index contributed by atoms with van der Waals surface area (Å²) in [6.07, 6.45) is 1.89. The third-order valence-electron chi connectivity index (χ3n) is 4.72. The fraction of sp³-hybridized carbons (Fsp3) is 0.240. The monoisotopic (exact) mass is 607 g/mol. The molecule has 1 amide bonds. The number of carbonyl (C=O) groups excluding carboxylic acids is 2. The summed E-state index contributed by atoms with van der Waals surface area (Å²) in [6, 6.07) is 11.8. The number of aliphatic hydroxyl groups is 1. The van der Waals surface area contributed by atoms with E-state index in [0.717, 1.165) is 22.9 Å². The maximum Gasteiger partial charge on any atom is 0.344 e. The van der Waals surface area contributed by atoms with Crippen LogP contribution < -0.4 is 4.74 Å². The Hall–Kier alpha value is -2.36. The van der Waals surface area contributed by atoms with E-state index >= 15 is 0 Å². The molecule has 1 aliphatic rings. The highest BCUT2D eigenvalue weighted by molar-refractivity contribution is 9.11. The number of thioether (sulfide) groups is 1. The van der Waals surface area contributed by atoms with Crippen LogP contribution in [-0.2, 0) is 20.9 Å². The van der Waals surface area contributed by atoms with Crippen molar-refractivity contribution in [3.05, 3.63) is 78.3 Å². The number of ether oxygens (including phenoxy) is 2. The van der Waals surface area contributed by atoms with Gasteiger partial charge in [-0.2, -0.15) is 0 Å². The minimum atomic E-state index is -0.722. The molecule has 0 saturated heterocycles. The molecule has 1 aliphatic heterocycles. The molecule has 34 heavy (non-hydrogen) atoms. The first kappa shape index (κ1) is 26.2. The van der Waals surface area contributed by atoms with Crippen molar-refractivity contribution in [3.8, 4) is 5.75 Å². The van der Waals surface area contributed by atoms with Gasteiger partial charge in [0.15, 0.2) is 0 Å². The summed E-state index contributed by atoms with van der Waals surface area (Å²) in [6.45, 7) is 5.92. The second kappa shape index (κ2) is 11.9. The van der Waals surface area contributed by atoms with Crippen molar-refractivity contribution in [1.29, 1.82) is 0 Å². The number of esters is 1. The molecule has 2 aromatic rings. The molecule has 0 bridgehead atoms. The number of aryl methyl sites for hydroxylation is 1. The Bertz CT molecular complexity index is 1180. The third kappa shape index (κ3) is 6.40. The SMILES string of the molecule is CCOC(=O)C1=C(O)/C(=C/c2cc(Br)c(OCc3ccc(C)cc3)c(Br)c2)SC1=NC(=O)CC. The number of aliphatic imine (C=N–C) groups is 1. The van der Waals surface area contributed by atoms with Gasteiger partial charge in [-0.1, -0.05) is 48.5 Å². The minimum Gasteiger partial charge on any atom is -0.506 e. The molecule has 9 heteroatoms. The fourth-order valence-corrected chi connectivity index (χ4v) is 5.46. The van der Waals surface area contributed by atoms with E-state index in [1.165, 1.54) is 5.56 Å². The second-order valence-electron chi connectivity index (χ2n) is 7.31. The van der Waals surface area contributed by atoms with Gasteiger partial charge in [-0.05, 0) is 75.0 Å². The molecule has 0 aliphatic carbocycles. The van der Waals surface area contributed by atoms with Gasteiger partial charge in [0, 0.05) is 6.42 Å². The van der Waals surface area contributed by atoms with Crippen LogP contribution in [0.15, 0.2) is 66.6 Å². The van der Waals surface area contributed by atoms with Crippen LogP contribution in [0, 0.1) is 6.92 Å². The van der Waals surface area contributed by atoms with Gasteiger partial charge in [-0.15, -0.1) is 0 Å². The topological polar surface area (TPSA) is 85.2 Å². The molecule has 0 unspecified atom stereocenters. The molecule has 0 radical (unpaired) electrons. The normalized spacial score (nSPS) is 15.8. The predicted molar refractivity (Wildman–Crippen MR) is 142 cm³/mol. The fourth-order valence-electron chi connectivity index (χ4n) is 2.98. The lowest BCUT2D eigenvalue weighted by Crippen LogP contribution is -2.14. The lowest BCUT2D eigenvalue weighted by molar-refractivity contribution is -0.138. The average Bonchev–Trinajstić information content (AvgIpc) is 3.08. The van der Waals surface area contributed by atoms with Gasteiger partial charge in [-0.25, -0.2) is 9.79 Å². The van der Waals surface area contributed by atoms with E-state index < -0.39 is 5.97 Å². The van der Waals surface area contributed by atoms with Crippen molar-refractivity contribution in [2.45, 2.75) is 33.8 Å². The van der Waals surface area contributed by atoms with Crippen LogP contribution in [0.5, 0.6) is 5.75 Å². The number of carbonyl (C=O) groups is 2. The van der Waals surface area contributed by atoms with Crippen molar-refractivity contribution in [2.75, 3.05) is 6.61 Å². The molecule has 3 rings (SSSR count). The number of amides is 1. The van der Waals surface area contributed by atoms with E-state index in [-0.39, 0.29) is 35.3 Å². The Labute approximate surface area is 219 Å². The first-order chi connectivity index (χ1) is 16.2. The quantitative estimate of drug-likeness (QED) is 0.344. The third-order valence-corrected chi connectivity index (χ3v) is 6.92. The molecular formula is C25H23Br2NO5S. The van der Waals surface area contributed by atoms with Crippen LogP contribution >= 0.6 is 43.6 Å². The van der Waals surface area contributed by atoms with E-state index in [2.05, 4.69) is 36.9 Å². The Morgan fingerprint density at radius 2 is 1.76 bits per heavy atom. The molecule has 0 aromatic heterocycles. The van der Waals surface area contributed by atoms with E-state index in [1.54, 1.807) is 19.9 Å². The summed E-state index contributed by atoms with van der Waals surface area (Å²) >= 11 is 8.15. The van der Waals surface area contributed by atoms with Crippen molar-refractivity contribution < 1.29 is 24.2 Å². The molecular weight excluding hydrogens is 586 g/mol.